The van der Waals surface area contributed by atoms with Crippen molar-refractivity contribution in [1.29, 1.82) is 0 Å². The van der Waals surface area contributed by atoms with Crippen molar-refractivity contribution in [2.75, 3.05) is 18.1 Å². The third kappa shape index (κ3) is 3.39. The number of carboxylic acids is 1. The molecule has 2 bridgehead atoms. The van der Waals surface area contributed by atoms with E-state index in [1.54, 1.807) is 0 Å². The first-order chi connectivity index (χ1) is 8.72. The Labute approximate surface area is 112 Å². The highest BCUT2D eigenvalue weighted by Gasteiger charge is 2.47. The molecule has 4 atom stereocenters. The van der Waals surface area contributed by atoms with Gasteiger partial charge in [0.25, 0.3) is 0 Å². The van der Waals surface area contributed by atoms with Crippen molar-refractivity contribution in [1.82, 2.24) is 0 Å². The van der Waals surface area contributed by atoms with Crippen LogP contribution in [0.4, 0.5) is 0 Å². The Hall–Kier alpha value is -0.260. The van der Waals surface area contributed by atoms with Gasteiger partial charge >= 0.3 is 5.97 Å². The molecule has 2 aliphatic rings. The summed E-state index contributed by atoms with van der Waals surface area (Å²) in [7, 11) is 0. The number of aliphatic hydroxyl groups excluding tert-OH is 1. The average Bonchev–Trinajstić information content (AvgIpc) is 2.93. The topological polar surface area (TPSA) is 66.8 Å². The maximum absolute atomic E-state index is 10.4. The number of carboxylic acid groups (broad SMARTS) is 1. The summed E-state index contributed by atoms with van der Waals surface area (Å²) in [5.41, 5.74) is 0. The fourth-order valence-corrected chi connectivity index (χ4v) is 4.36. The molecule has 104 valence electrons. The number of ether oxygens (including phenoxy) is 1. The molecule has 0 aromatic carbocycles. The first kappa shape index (κ1) is 14.2. The lowest BCUT2D eigenvalue weighted by molar-refractivity contribution is -0.137. The molecule has 0 saturated carbocycles. The van der Waals surface area contributed by atoms with Crippen molar-refractivity contribution in [3.63, 3.8) is 0 Å². The highest BCUT2D eigenvalue weighted by molar-refractivity contribution is 7.99. The molecule has 18 heavy (non-hydrogen) atoms. The standard InChI is InChI=1S/C13H22O4S/c14-7-9-10(12-5-4-11(9)17-12)8-18-6-2-1-3-13(15)16/h9-12,14H,1-8H2,(H,15,16)/t9-,10+,11-,12+/m0/s1. The van der Waals surface area contributed by atoms with Gasteiger partial charge in [-0.3, -0.25) is 4.79 Å². The molecule has 2 N–H and O–H groups in total. The molecule has 0 aliphatic carbocycles. The Bertz CT molecular complexity index is 284. The molecule has 5 heteroatoms. The lowest BCUT2D eigenvalue weighted by Crippen LogP contribution is -2.31. The molecule has 0 aromatic rings. The van der Waals surface area contributed by atoms with E-state index in [2.05, 4.69) is 0 Å². The van der Waals surface area contributed by atoms with E-state index < -0.39 is 5.97 Å². The molecule has 2 fully saturated rings. The average molecular weight is 274 g/mol. The van der Waals surface area contributed by atoms with Crippen LogP contribution in [-0.2, 0) is 9.53 Å². The number of carbonyl (C=O) groups is 1. The van der Waals surface area contributed by atoms with Crippen LogP contribution >= 0.6 is 11.8 Å². The van der Waals surface area contributed by atoms with Crippen LogP contribution in [-0.4, -0.2) is 46.5 Å². The van der Waals surface area contributed by atoms with E-state index >= 15 is 0 Å². The van der Waals surface area contributed by atoms with Gasteiger partial charge in [-0.2, -0.15) is 11.8 Å². The van der Waals surface area contributed by atoms with Crippen LogP contribution < -0.4 is 0 Å². The van der Waals surface area contributed by atoms with Gasteiger partial charge in [-0.15, -0.1) is 0 Å². The second-order valence-electron chi connectivity index (χ2n) is 5.23. The van der Waals surface area contributed by atoms with Gasteiger partial charge in [0, 0.05) is 24.9 Å². The smallest absolute Gasteiger partial charge is 0.303 e. The minimum absolute atomic E-state index is 0.241. The minimum atomic E-state index is -0.707. The number of hydrogen-bond acceptors (Lipinski definition) is 4. The van der Waals surface area contributed by atoms with E-state index in [4.69, 9.17) is 9.84 Å². The molecule has 2 aliphatic heterocycles. The van der Waals surface area contributed by atoms with Gasteiger partial charge in [-0.05, 0) is 37.2 Å². The second kappa shape index (κ2) is 6.78. The fraction of sp³-hybridized carbons (Fsp3) is 0.923. The molecular weight excluding hydrogens is 252 g/mol. The van der Waals surface area contributed by atoms with Gasteiger partial charge in [0.2, 0.25) is 0 Å². The van der Waals surface area contributed by atoms with E-state index in [1.165, 1.54) is 0 Å². The van der Waals surface area contributed by atoms with Crippen LogP contribution in [0.3, 0.4) is 0 Å². The SMILES string of the molecule is O=C(O)CCCCSC[C@@H]1[C@H](CO)[C@@H]2CC[C@H]1O2. The molecule has 0 amide bonds. The Morgan fingerprint density at radius 3 is 2.61 bits per heavy atom. The van der Waals surface area contributed by atoms with E-state index in [0.717, 1.165) is 37.2 Å². The number of fused-ring (bicyclic) bond motifs is 2. The van der Waals surface area contributed by atoms with Crippen LogP contribution in [0.25, 0.3) is 0 Å². The van der Waals surface area contributed by atoms with Crippen LogP contribution in [0.2, 0.25) is 0 Å². The molecule has 0 spiro atoms. The summed E-state index contributed by atoms with van der Waals surface area (Å²) in [6.07, 6.45) is 4.90. The van der Waals surface area contributed by atoms with E-state index in [-0.39, 0.29) is 19.1 Å². The lowest BCUT2D eigenvalue weighted by atomic mass is 9.81. The minimum Gasteiger partial charge on any atom is -0.481 e. The number of aliphatic carboxylic acids is 1. The summed E-state index contributed by atoms with van der Waals surface area (Å²) in [6.45, 7) is 0.241. The summed E-state index contributed by atoms with van der Waals surface area (Å²) in [5, 5.41) is 17.9. The van der Waals surface area contributed by atoms with E-state index in [9.17, 15) is 9.90 Å². The molecule has 0 radical (unpaired) electrons. The quantitative estimate of drug-likeness (QED) is 0.660. The zero-order valence-electron chi connectivity index (χ0n) is 10.6. The van der Waals surface area contributed by atoms with Crippen molar-refractivity contribution < 1.29 is 19.7 Å². The molecule has 2 saturated heterocycles. The van der Waals surface area contributed by atoms with Crippen LogP contribution in [0.1, 0.15) is 32.1 Å². The van der Waals surface area contributed by atoms with Gasteiger partial charge in [-0.25, -0.2) is 0 Å². The third-order valence-corrected chi connectivity index (χ3v) is 5.24. The highest BCUT2D eigenvalue weighted by Crippen LogP contribution is 2.44. The lowest BCUT2D eigenvalue weighted by Gasteiger charge is -2.25. The number of unbranched alkanes of at least 4 members (excludes halogenated alkanes) is 1. The first-order valence-corrected chi connectivity index (χ1v) is 7.93. The summed E-state index contributed by atoms with van der Waals surface area (Å²) < 4.78 is 5.85. The monoisotopic (exact) mass is 274 g/mol. The van der Waals surface area contributed by atoms with Gasteiger partial charge in [-0.1, -0.05) is 0 Å². The molecular formula is C13H22O4S. The number of aliphatic hydroxyl groups is 1. The Morgan fingerprint density at radius 1 is 1.22 bits per heavy atom. The normalized spacial score (nSPS) is 34.1. The molecule has 0 unspecified atom stereocenters. The van der Waals surface area contributed by atoms with Crippen molar-refractivity contribution in [3.8, 4) is 0 Å². The van der Waals surface area contributed by atoms with Crippen molar-refractivity contribution >= 4 is 17.7 Å². The van der Waals surface area contributed by atoms with Crippen molar-refractivity contribution in [2.24, 2.45) is 11.8 Å². The maximum atomic E-state index is 10.4. The summed E-state index contributed by atoms with van der Waals surface area (Å²) in [5.74, 6) is 2.18. The van der Waals surface area contributed by atoms with Gasteiger partial charge in [0.1, 0.15) is 0 Å². The van der Waals surface area contributed by atoms with Crippen LogP contribution in [0.5, 0.6) is 0 Å². The first-order valence-electron chi connectivity index (χ1n) is 6.78. The summed E-state index contributed by atoms with van der Waals surface area (Å²) >= 11 is 1.88. The van der Waals surface area contributed by atoms with Crippen LogP contribution in [0.15, 0.2) is 0 Å². The number of hydrogen-bond donors (Lipinski definition) is 2. The Morgan fingerprint density at radius 2 is 1.94 bits per heavy atom. The summed E-state index contributed by atoms with van der Waals surface area (Å²) in [6, 6.07) is 0. The van der Waals surface area contributed by atoms with Gasteiger partial charge < -0.3 is 14.9 Å². The Kier molecular flexibility index (Phi) is 5.33. The molecule has 0 aromatic heterocycles. The maximum Gasteiger partial charge on any atom is 0.303 e. The second-order valence-corrected chi connectivity index (χ2v) is 6.38. The van der Waals surface area contributed by atoms with Crippen molar-refractivity contribution in [3.05, 3.63) is 0 Å². The molecule has 2 heterocycles. The number of rotatable bonds is 8. The zero-order valence-corrected chi connectivity index (χ0v) is 11.4. The zero-order chi connectivity index (χ0) is 13.0. The predicted molar refractivity (Wildman–Crippen MR) is 70.8 cm³/mol. The molecule has 4 nitrogen and oxygen atoms in total. The largest absolute Gasteiger partial charge is 0.481 e. The van der Waals surface area contributed by atoms with E-state index in [1.807, 2.05) is 11.8 Å². The number of thioether (sulfide) groups is 1. The highest BCUT2D eigenvalue weighted by atomic mass is 32.2. The Balaban J connectivity index is 1.60. The third-order valence-electron chi connectivity index (χ3n) is 4.04. The van der Waals surface area contributed by atoms with Gasteiger partial charge in [0.15, 0.2) is 0 Å². The van der Waals surface area contributed by atoms with E-state index in [0.29, 0.717) is 17.9 Å². The van der Waals surface area contributed by atoms with Gasteiger partial charge in [0.05, 0.1) is 12.2 Å². The predicted octanol–water partition coefficient (Wildman–Crippen LogP) is 1.76. The van der Waals surface area contributed by atoms with Crippen LogP contribution in [0, 0.1) is 11.8 Å². The fourth-order valence-electron chi connectivity index (χ4n) is 3.05. The summed E-state index contributed by atoms with van der Waals surface area (Å²) in [4.78, 5) is 10.4. The molecule has 2 rings (SSSR count). The van der Waals surface area contributed by atoms with Crippen molar-refractivity contribution in [2.45, 2.75) is 44.3 Å².